The molecule has 0 radical (unpaired) electrons. The summed E-state index contributed by atoms with van der Waals surface area (Å²) in [7, 11) is -3.22. The second-order valence-corrected chi connectivity index (χ2v) is 15.6. The van der Waals surface area contributed by atoms with Crippen molar-refractivity contribution in [1.82, 2.24) is 4.57 Å². The van der Waals surface area contributed by atoms with Crippen molar-refractivity contribution in [2.24, 2.45) is 0 Å². The maximum Gasteiger partial charge on any atom is 0.182 e. The molecular weight excluding hydrogens is 599 g/mol. The highest BCUT2D eigenvalue weighted by atomic mass is 28.3. The molecule has 0 unspecified atom stereocenters. The zero-order chi connectivity index (χ0) is 32.5. The van der Waals surface area contributed by atoms with Gasteiger partial charge in [0.25, 0.3) is 0 Å². The fourth-order valence-electron chi connectivity index (χ4n) is 7.50. The van der Waals surface area contributed by atoms with Crippen molar-refractivity contribution < 1.29 is 0 Å². The summed E-state index contributed by atoms with van der Waals surface area (Å²) >= 11 is 0. The molecule has 0 atom stereocenters. The minimum atomic E-state index is -3.22. The highest BCUT2D eigenvalue weighted by Gasteiger charge is 2.45. The summed E-state index contributed by atoms with van der Waals surface area (Å²) in [5.74, 6) is 0. The summed E-state index contributed by atoms with van der Waals surface area (Å²) in [6.45, 7) is 0. The first-order valence-electron chi connectivity index (χ1n) is 16.0. The first-order chi connectivity index (χ1) is 23.8. The average molecular weight is 628 g/mol. The van der Waals surface area contributed by atoms with Crippen LogP contribution in [0.1, 0.15) is 11.1 Å². The Labute approximate surface area is 280 Å². The zero-order valence-electron chi connectivity index (χ0n) is 26.1. The van der Waals surface area contributed by atoms with Crippen LogP contribution >= 0.6 is 0 Å². The third kappa shape index (κ3) is 4.40. The molecule has 0 aliphatic heterocycles. The lowest BCUT2D eigenvalue weighted by atomic mass is 9.96. The van der Waals surface area contributed by atoms with Gasteiger partial charge in [-0.3, -0.25) is 0 Å². The molecule has 4 heteroatoms. The van der Waals surface area contributed by atoms with E-state index in [1.165, 1.54) is 10.8 Å². The maximum absolute atomic E-state index is 11.3. The second kappa shape index (κ2) is 12.0. The lowest BCUT2D eigenvalue weighted by Crippen LogP contribution is -2.76. The van der Waals surface area contributed by atoms with Crippen molar-refractivity contribution in [2.45, 2.75) is 0 Å². The number of nitrogens with zero attached hydrogens (tertiary/aromatic N) is 3. The summed E-state index contributed by atoms with van der Waals surface area (Å²) < 4.78 is 2.30. The van der Waals surface area contributed by atoms with E-state index in [9.17, 15) is 10.5 Å². The molecule has 0 bridgehead atoms. The lowest BCUT2D eigenvalue weighted by molar-refractivity contribution is 1.18. The van der Waals surface area contributed by atoms with Crippen LogP contribution in [0.3, 0.4) is 0 Å². The third-order valence-corrected chi connectivity index (χ3v) is 14.3. The van der Waals surface area contributed by atoms with Crippen molar-refractivity contribution in [3.63, 3.8) is 0 Å². The standard InChI is InChI=1S/C44H29N3Si/c45-30-32-28-29-36(37-22-10-13-25-41(37)47-42-26-14-11-23-38(42)39-24-12-15-27-43(39)47)40(31-46)44(32)48(33-16-4-1-5-17-33,34-18-6-2-7-19-34)35-20-8-3-9-21-35/h1-29H. The molecule has 0 spiro atoms. The molecule has 3 nitrogen and oxygen atoms in total. The normalized spacial score (nSPS) is 11.3. The molecule has 8 aromatic rings. The summed E-state index contributed by atoms with van der Waals surface area (Å²) in [5, 5.41) is 28.6. The molecule has 1 aromatic heterocycles. The molecule has 0 saturated heterocycles. The largest absolute Gasteiger partial charge is 0.309 e. The molecule has 0 saturated carbocycles. The van der Waals surface area contributed by atoms with E-state index in [0.29, 0.717) is 11.1 Å². The van der Waals surface area contributed by atoms with E-state index in [1.54, 1.807) is 0 Å². The summed E-state index contributed by atoms with van der Waals surface area (Å²) in [5.41, 5.74) is 5.97. The molecule has 48 heavy (non-hydrogen) atoms. The van der Waals surface area contributed by atoms with Crippen molar-refractivity contribution in [3.05, 3.63) is 187 Å². The van der Waals surface area contributed by atoms with Crippen LogP contribution in [-0.2, 0) is 0 Å². The van der Waals surface area contributed by atoms with E-state index >= 15 is 0 Å². The van der Waals surface area contributed by atoms with Crippen LogP contribution in [0.4, 0.5) is 0 Å². The zero-order valence-corrected chi connectivity index (χ0v) is 27.1. The number of hydrogen-bond acceptors (Lipinski definition) is 2. The number of rotatable bonds is 6. The lowest BCUT2D eigenvalue weighted by Gasteiger charge is -2.36. The van der Waals surface area contributed by atoms with Gasteiger partial charge in [-0.2, -0.15) is 10.5 Å². The van der Waals surface area contributed by atoms with Crippen LogP contribution in [0.2, 0.25) is 0 Å². The average Bonchev–Trinajstić information content (AvgIpc) is 3.50. The molecule has 0 fully saturated rings. The van der Waals surface area contributed by atoms with Crippen molar-refractivity contribution in [3.8, 4) is 29.0 Å². The van der Waals surface area contributed by atoms with Gasteiger partial charge in [-0.1, -0.05) is 152 Å². The van der Waals surface area contributed by atoms with Crippen LogP contribution in [0.5, 0.6) is 0 Å². The molecule has 224 valence electrons. The van der Waals surface area contributed by atoms with E-state index in [4.69, 9.17) is 0 Å². The van der Waals surface area contributed by atoms with Gasteiger partial charge in [-0.05, 0) is 45.0 Å². The number of fused-ring (bicyclic) bond motifs is 3. The predicted molar refractivity (Wildman–Crippen MR) is 199 cm³/mol. The number of aromatic nitrogens is 1. The fourth-order valence-corrected chi connectivity index (χ4v) is 12.6. The van der Waals surface area contributed by atoms with E-state index in [0.717, 1.165) is 48.6 Å². The second-order valence-electron chi connectivity index (χ2n) is 11.9. The van der Waals surface area contributed by atoms with E-state index in [-0.39, 0.29) is 0 Å². The Balaban J connectivity index is 1.52. The molecule has 8 rings (SSSR count). The SMILES string of the molecule is N#Cc1ccc(-c2ccccc2-n2c3ccccc3c3ccccc32)c(C#N)c1[Si](c1ccccc1)(c1ccccc1)c1ccccc1. The van der Waals surface area contributed by atoms with Crippen LogP contribution in [0, 0.1) is 22.7 Å². The van der Waals surface area contributed by atoms with Gasteiger partial charge in [0.15, 0.2) is 8.07 Å². The Morgan fingerprint density at radius 2 is 0.875 bits per heavy atom. The fraction of sp³-hybridized carbons (Fsp3) is 0. The van der Waals surface area contributed by atoms with Crippen molar-refractivity contribution >= 4 is 50.6 Å². The Morgan fingerprint density at radius 1 is 0.417 bits per heavy atom. The number of nitriles is 2. The predicted octanol–water partition coefficient (Wildman–Crippen LogP) is 7.57. The summed E-state index contributed by atoms with van der Waals surface area (Å²) in [6.07, 6.45) is 0. The topological polar surface area (TPSA) is 52.5 Å². The van der Waals surface area contributed by atoms with Crippen LogP contribution in [-0.4, -0.2) is 12.6 Å². The van der Waals surface area contributed by atoms with Crippen molar-refractivity contribution in [2.75, 3.05) is 0 Å². The summed E-state index contributed by atoms with van der Waals surface area (Å²) in [4.78, 5) is 0. The van der Waals surface area contributed by atoms with Crippen LogP contribution in [0.25, 0.3) is 38.6 Å². The Bertz CT molecular complexity index is 2370. The molecule has 0 aliphatic rings. The quantitative estimate of drug-likeness (QED) is 0.141. The first kappa shape index (κ1) is 29.0. The Morgan fingerprint density at radius 3 is 1.38 bits per heavy atom. The highest BCUT2D eigenvalue weighted by molar-refractivity contribution is 7.20. The molecule has 0 amide bonds. The van der Waals surface area contributed by atoms with Gasteiger partial charge < -0.3 is 4.57 Å². The number of benzene rings is 7. The van der Waals surface area contributed by atoms with Gasteiger partial charge in [0.2, 0.25) is 0 Å². The smallest absolute Gasteiger partial charge is 0.182 e. The van der Waals surface area contributed by atoms with Crippen LogP contribution in [0.15, 0.2) is 176 Å². The third-order valence-electron chi connectivity index (χ3n) is 9.45. The monoisotopic (exact) mass is 627 g/mol. The summed E-state index contributed by atoms with van der Waals surface area (Å²) in [6, 6.07) is 65.7. The Hall–Kier alpha value is -6.46. The molecule has 0 aliphatic carbocycles. The van der Waals surface area contributed by atoms with Crippen molar-refractivity contribution in [1.29, 1.82) is 10.5 Å². The van der Waals surface area contributed by atoms with Gasteiger partial charge in [-0.15, -0.1) is 0 Å². The van der Waals surface area contributed by atoms with Gasteiger partial charge >= 0.3 is 0 Å². The van der Waals surface area contributed by atoms with E-state index < -0.39 is 8.07 Å². The maximum atomic E-state index is 11.3. The number of hydrogen-bond donors (Lipinski definition) is 0. The highest BCUT2D eigenvalue weighted by Crippen LogP contribution is 2.37. The minimum absolute atomic E-state index is 0.521. The first-order valence-corrected chi connectivity index (χ1v) is 18.0. The van der Waals surface area contributed by atoms with Crippen LogP contribution < -0.4 is 20.7 Å². The molecular formula is C44H29N3Si. The van der Waals surface area contributed by atoms with Gasteiger partial charge in [0.05, 0.1) is 40.0 Å². The van der Waals surface area contributed by atoms with Gasteiger partial charge in [0, 0.05) is 21.9 Å². The van der Waals surface area contributed by atoms with E-state index in [2.05, 4.69) is 156 Å². The Kier molecular flexibility index (Phi) is 7.27. The van der Waals surface area contributed by atoms with Gasteiger partial charge in [-0.25, -0.2) is 0 Å². The molecule has 7 aromatic carbocycles. The molecule has 1 heterocycles. The van der Waals surface area contributed by atoms with E-state index in [1.807, 2.05) is 36.4 Å². The van der Waals surface area contributed by atoms with Gasteiger partial charge in [0.1, 0.15) is 0 Å². The minimum Gasteiger partial charge on any atom is -0.309 e. The number of para-hydroxylation sites is 3. The molecule has 0 N–H and O–H groups in total.